The van der Waals surface area contributed by atoms with Crippen LogP contribution in [0.15, 0.2) is 24.3 Å². The SMILES string of the molecule is COC(=O)[C@H](Cc1ccc(I)cc1)NCCN. The highest BCUT2D eigenvalue weighted by Gasteiger charge is 2.18. The maximum absolute atomic E-state index is 11.6. The molecule has 1 aromatic carbocycles. The molecule has 5 heteroatoms. The maximum atomic E-state index is 11.6. The summed E-state index contributed by atoms with van der Waals surface area (Å²) in [6, 6.07) is 7.74. The van der Waals surface area contributed by atoms with Crippen LogP contribution in [0.25, 0.3) is 0 Å². The molecule has 0 aliphatic heterocycles. The van der Waals surface area contributed by atoms with Gasteiger partial charge in [-0.15, -0.1) is 0 Å². The van der Waals surface area contributed by atoms with Crippen molar-refractivity contribution in [2.45, 2.75) is 12.5 Å². The molecule has 3 N–H and O–H groups in total. The molecule has 94 valence electrons. The van der Waals surface area contributed by atoms with Gasteiger partial charge in [-0.1, -0.05) is 12.1 Å². The molecule has 0 aliphatic rings. The fourth-order valence-corrected chi connectivity index (χ4v) is 1.85. The molecule has 0 aliphatic carbocycles. The van der Waals surface area contributed by atoms with Crippen LogP contribution in [0, 0.1) is 3.57 Å². The van der Waals surface area contributed by atoms with E-state index in [1.165, 1.54) is 10.7 Å². The van der Waals surface area contributed by atoms with Gasteiger partial charge in [-0.2, -0.15) is 0 Å². The molecule has 0 bridgehead atoms. The van der Waals surface area contributed by atoms with Crippen LogP contribution in [0.4, 0.5) is 0 Å². The average Bonchev–Trinajstić information content (AvgIpc) is 2.36. The molecule has 0 fully saturated rings. The normalized spacial score (nSPS) is 12.2. The van der Waals surface area contributed by atoms with E-state index in [9.17, 15) is 4.79 Å². The predicted molar refractivity (Wildman–Crippen MR) is 75.7 cm³/mol. The Morgan fingerprint density at radius 3 is 2.65 bits per heavy atom. The summed E-state index contributed by atoms with van der Waals surface area (Å²) in [5.74, 6) is -0.253. The van der Waals surface area contributed by atoms with Gasteiger partial charge >= 0.3 is 5.97 Å². The van der Waals surface area contributed by atoms with E-state index < -0.39 is 0 Å². The Balaban J connectivity index is 2.64. The lowest BCUT2D eigenvalue weighted by molar-refractivity contribution is -0.143. The van der Waals surface area contributed by atoms with Gasteiger partial charge in [0.05, 0.1) is 7.11 Å². The van der Waals surface area contributed by atoms with E-state index in [0.29, 0.717) is 19.5 Å². The fourth-order valence-electron chi connectivity index (χ4n) is 1.49. The molecule has 0 aromatic heterocycles. The predicted octanol–water partition coefficient (Wildman–Crippen LogP) is 0.924. The van der Waals surface area contributed by atoms with E-state index in [4.69, 9.17) is 10.5 Å². The summed E-state index contributed by atoms with van der Waals surface area (Å²) < 4.78 is 5.94. The summed E-state index contributed by atoms with van der Waals surface area (Å²) in [5, 5.41) is 3.08. The van der Waals surface area contributed by atoms with Gasteiger partial charge < -0.3 is 15.8 Å². The van der Waals surface area contributed by atoms with Crippen molar-refractivity contribution in [1.82, 2.24) is 5.32 Å². The zero-order chi connectivity index (χ0) is 12.7. The van der Waals surface area contributed by atoms with E-state index in [2.05, 4.69) is 27.9 Å². The van der Waals surface area contributed by atoms with Gasteiger partial charge in [0.15, 0.2) is 0 Å². The lowest BCUT2D eigenvalue weighted by atomic mass is 10.1. The molecule has 0 saturated carbocycles. The van der Waals surface area contributed by atoms with Crippen LogP contribution in [-0.4, -0.2) is 32.2 Å². The Morgan fingerprint density at radius 1 is 1.47 bits per heavy atom. The maximum Gasteiger partial charge on any atom is 0.323 e. The van der Waals surface area contributed by atoms with Crippen molar-refractivity contribution in [2.24, 2.45) is 5.73 Å². The summed E-state index contributed by atoms with van der Waals surface area (Å²) in [7, 11) is 1.40. The number of hydrogen-bond acceptors (Lipinski definition) is 4. The van der Waals surface area contributed by atoms with Crippen LogP contribution in [0.1, 0.15) is 5.56 Å². The highest BCUT2D eigenvalue weighted by molar-refractivity contribution is 14.1. The molecule has 4 nitrogen and oxygen atoms in total. The van der Waals surface area contributed by atoms with Gasteiger partial charge in [0.25, 0.3) is 0 Å². The van der Waals surface area contributed by atoms with Gasteiger partial charge in [-0.3, -0.25) is 4.79 Å². The summed E-state index contributed by atoms with van der Waals surface area (Å²) in [6.45, 7) is 1.10. The zero-order valence-corrected chi connectivity index (χ0v) is 11.9. The number of halogens is 1. The molecule has 0 heterocycles. The highest BCUT2D eigenvalue weighted by atomic mass is 127. The average molecular weight is 348 g/mol. The molecular weight excluding hydrogens is 331 g/mol. The molecule has 1 rings (SSSR count). The quantitative estimate of drug-likeness (QED) is 0.593. The Kier molecular flexibility index (Phi) is 6.46. The fraction of sp³-hybridized carbons (Fsp3) is 0.417. The summed E-state index contributed by atoms with van der Waals surface area (Å²) in [4.78, 5) is 11.6. The Bertz CT molecular complexity index is 354. The van der Waals surface area contributed by atoms with Gasteiger partial charge in [0, 0.05) is 16.7 Å². The second-order valence-corrected chi connectivity index (χ2v) is 4.89. The molecule has 1 aromatic rings. The molecule has 0 amide bonds. The van der Waals surface area contributed by atoms with Crippen molar-refractivity contribution in [1.29, 1.82) is 0 Å². The van der Waals surface area contributed by atoms with E-state index in [-0.39, 0.29) is 12.0 Å². The number of nitrogens with one attached hydrogen (secondary N) is 1. The van der Waals surface area contributed by atoms with Crippen molar-refractivity contribution < 1.29 is 9.53 Å². The van der Waals surface area contributed by atoms with Crippen LogP contribution >= 0.6 is 22.6 Å². The Labute approximate surface area is 115 Å². The van der Waals surface area contributed by atoms with Crippen molar-refractivity contribution in [3.63, 3.8) is 0 Å². The smallest absolute Gasteiger partial charge is 0.323 e. The minimum Gasteiger partial charge on any atom is -0.468 e. The van der Waals surface area contributed by atoms with Crippen LogP contribution in [0.2, 0.25) is 0 Å². The monoisotopic (exact) mass is 348 g/mol. The second-order valence-electron chi connectivity index (χ2n) is 3.65. The number of carbonyl (C=O) groups is 1. The lowest BCUT2D eigenvalue weighted by Crippen LogP contribution is -2.41. The second kappa shape index (κ2) is 7.62. The first-order chi connectivity index (χ1) is 8.17. The van der Waals surface area contributed by atoms with E-state index in [1.807, 2.05) is 24.3 Å². The van der Waals surface area contributed by atoms with Gasteiger partial charge in [0.2, 0.25) is 0 Å². The number of nitrogens with two attached hydrogens (primary N) is 1. The van der Waals surface area contributed by atoms with Crippen LogP contribution in [0.5, 0.6) is 0 Å². The number of ether oxygens (including phenoxy) is 1. The summed E-state index contributed by atoms with van der Waals surface area (Å²) >= 11 is 2.25. The summed E-state index contributed by atoms with van der Waals surface area (Å²) in [6.07, 6.45) is 0.615. The van der Waals surface area contributed by atoms with Gasteiger partial charge in [-0.05, 0) is 46.7 Å². The topological polar surface area (TPSA) is 64.3 Å². The number of hydrogen-bond donors (Lipinski definition) is 2. The summed E-state index contributed by atoms with van der Waals surface area (Å²) in [5.41, 5.74) is 6.52. The van der Waals surface area contributed by atoms with Crippen LogP contribution in [-0.2, 0) is 16.0 Å². The van der Waals surface area contributed by atoms with E-state index in [0.717, 1.165) is 5.56 Å². The number of esters is 1. The molecule has 0 saturated heterocycles. The largest absolute Gasteiger partial charge is 0.468 e. The molecule has 1 atom stereocenters. The molecule has 0 radical (unpaired) electrons. The third-order valence-electron chi connectivity index (χ3n) is 2.37. The first-order valence-electron chi connectivity index (χ1n) is 5.43. The number of benzene rings is 1. The van der Waals surface area contributed by atoms with Gasteiger partial charge in [-0.25, -0.2) is 0 Å². The third-order valence-corrected chi connectivity index (χ3v) is 3.09. The number of methoxy groups -OCH3 is 1. The van der Waals surface area contributed by atoms with E-state index in [1.54, 1.807) is 0 Å². The number of carbonyl (C=O) groups excluding carboxylic acids is 1. The van der Waals surface area contributed by atoms with Crippen molar-refractivity contribution in [3.8, 4) is 0 Å². The van der Waals surface area contributed by atoms with Crippen molar-refractivity contribution >= 4 is 28.6 Å². The molecule has 0 unspecified atom stereocenters. The number of rotatable bonds is 6. The van der Waals surface area contributed by atoms with E-state index >= 15 is 0 Å². The van der Waals surface area contributed by atoms with Gasteiger partial charge in [0.1, 0.15) is 6.04 Å². The first kappa shape index (κ1) is 14.4. The lowest BCUT2D eigenvalue weighted by Gasteiger charge is -2.16. The Morgan fingerprint density at radius 2 is 2.12 bits per heavy atom. The highest BCUT2D eigenvalue weighted by Crippen LogP contribution is 2.09. The first-order valence-corrected chi connectivity index (χ1v) is 6.51. The zero-order valence-electron chi connectivity index (χ0n) is 9.78. The standard InChI is InChI=1S/C12H17IN2O2/c1-17-12(16)11(15-7-6-14)8-9-2-4-10(13)5-3-9/h2-5,11,15H,6-8,14H2,1H3/t11-/m0/s1. The minimum atomic E-state index is -0.330. The molecule has 0 spiro atoms. The minimum absolute atomic E-state index is 0.253. The van der Waals surface area contributed by atoms with Crippen LogP contribution < -0.4 is 11.1 Å². The Hall–Kier alpha value is -0.660. The third kappa shape index (κ3) is 5.01. The van der Waals surface area contributed by atoms with Crippen LogP contribution in [0.3, 0.4) is 0 Å². The molecular formula is C12H17IN2O2. The van der Waals surface area contributed by atoms with Crippen molar-refractivity contribution in [2.75, 3.05) is 20.2 Å². The molecule has 17 heavy (non-hydrogen) atoms. The van der Waals surface area contributed by atoms with Crippen molar-refractivity contribution in [3.05, 3.63) is 33.4 Å².